The van der Waals surface area contributed by atoms with Crippen LogP contribution >= 0.6 is 0 Å². The first kappa shape index (κ1) is 13.5. The molecule has 0 aromatic carbocycles. The van der Waals surface area contributed by atoms with E-state index in [4.69, 9.17) is 4.74 Å². The van der Waals surface area contributed by atoms with Crippen molar-refractivity contribution < 1.29 is 9.53 Å². The molecule has 1 saturated carbocycles. The first-order chi connectivity index (χ1) is 7.69. The fraction of sp³-hybridized carbons (Fsp3) is 0.917. The van der Waals surface area contributed by atoms with E-state index in [0.29, 0.717) is 12.6 Å². The molecule has 0 spiro atoms. The van der Waals surface area contributed by atoms with E-state index in [-0.39, 0.29) is 12.0 Å². The first-order valence-electron chi connectivity index (χ1n) is 6.30. The van der Waals surface area contributed by atoms with Gasteiger partial charge in [0.1, 0.15) is 0 Å². The quantitative estimate of drug-likeness (QED) is 0.674. The maximum atomic E-state index is 11.8. The third-order valence-corrected chi connectivity index (χ3v) is 2.81. The standard InChI is InChI=1S/C12H24N2O2/c1-4-14(11-6-7-11)12(15)9-13-8-10(3)16-5-2/h10-11,13H,4-9H2,1-3H3. The average molecular weight is 228 g/mol. The molecule has 0 aromatic heterocycles. The molecule has 16 heavy (non-hydrogen) atoms. The van der Waals surface area contributed by atoms with Gasteiger partial charge in [-0.3, -0.25) is 4.79 Å². The number of hydrogen-bond acceptors (Lipinski definition) is 3. The molecule has 4 nitrogen and oxygen atoms in total. The molecule has 94 valence electrons. The maximum absolute atomic E-state index is 11.8. The lowest BCUT2D eigenvalue weighted by Gasteiger charge is -2.21. The molecule has 1 atom stereocenters. The summed E-state index contributed by atoms with van der Waals surface area (Å²) in [6, 6.07) is 0.517. The molecule has 0 radical (unpaired) electrons. The highest BCUT2D eigenvalue weighted by Crippen LogP contribution is 2.26. The van der Waals surface area contributed by atoms with Gasteiger partial charge < -0.3 is 15.0 Å². The van der Waals surface area contributed by atoms with Gasteiger partial charge in [0, 0.05) is 25.7 Å². The largest absolute Gasteiger partial charge is 0.377 e. The summed E-state index contributed by atoms with van der Waals surface area (Å²) in [6.45, 7) is 8.75. The van der Waals surface area contributed by atoms with Crippen LogP contribution in [0.15, 0.2) is 0 Å². The van der Waals surface area contributed by atoms with Gasteiger partial charge in [-0.1, -0.05) is 0 Å². The van der Waals surface area contributed by atoms with E-state index in [9.17, 15) is 4.79 Å². The molecular formula is C12H24N2O2. The van der Waals surface area contributed by atoms with Gasteiger partial charge >= 0.3 is 0 Å². The summed E-state index contributed by atoms with van der Waals surface area (Å²) >= 11 is 0. The summed E-state index contributed by atoms with van der Waals surface area (Å²) in [5.74, 6) is 0.216. The molecule has 1 fully saturated rings. The Morgan fingerprint density at radius 1 is 1.50 bits per heavy atom. The van der Waals surface area contributed by atoms with Crippen molar-refractivity contribution in [3.63, 3.8) is 0 Å². The molecule has 0 aromatic rings. The number of likely N-dealkylation sites (N-methyl/N-ethyl adjacent to an activating group) is 1. The van der Waals surface area contributed by atoms with Gasteiger partial charge in [0.05, 0.1) is 12.6 Å². The first-order valence-corrected chi connectivity index (χ1v) is 6.30. The number of ether oxygens (including phenoxy) is 1. The van der Waals surface area contributed by atoms with Crippen molar-refractivity contribution in [2.75, 3.05) is 26.2 Å². The van der Waals surface area contributed by atoms with E-state index in [1.165, 1.54) is 12.8 Å². The Balaban J connectivity index is 2.13. The van der Waals surface area contributed by atoms with Gasteiger partial charge in [0.15, 0.2) is 0 Å². The summed E-state index contributed by atoms with van der Waals surface area (Å²) < 4.78 is 5.38. The van der Waals surface area contributed by atoms with E-state index in [0.717, 1.165) is 19.7 Å². The van der Waals surface area contributed by atoms with Gasteiger partial charge in [-0.2, -0.15) is 0 Å². The lowest BCUT2D eigenvalue weighted by Crippen LogP contribution is -2.41. The van der Waals surface area contributed by atoms with Gasteiger partial charge in [-0.25, -0.2) is 0 Å². The Bertz CT molecular complexity index is 217. The van der Waals surface area contributed by atoms with Crippen LogP contribution in [0.5, 0.6) is 0 Å². The van der Waals surface area contributed by atoms with Gasteiger partial charge in [-0.05, 0) is 33.6 Å². The van der Waals surface area contributed by atoms with Gasteiger partial charge in [0.2, 0.25) is 5.91 Å². The Hall–Kier alpha value is -0.610. The number of carbonyl (C=O) groups excluding carboxylic acids is 1. The Morgan fingerprint density at radius 2 is 2.19 bits per heavy atom. The van der Waals surface area contributed by atoms with Crippen molar-refractivity contribution in [2.24, 2.45) is 0 Å². The predicted octanol–water partition coefficient (Wildman–Crippen LogP) is 1.01. The Labute approximate surface area is 98.3 Å². The maximum Gasteiger partial charge on any atom is 0.236 e. The van der Waals surface area contributed by atoms with E-state index >= 15 is 0 Å². The SMILES string of the molecule is CCOC(C)CNCC(=O)N(CC)C1CC1. The van der Waals surface area contributed by atoms with Crippen LogP contribution in [0.25, 0.3) is 0 Å². The minimum absolute atomic E-state index is 0.175. The van der Waals surface area contributed by atoms with Crippen molar-refractivity contribution in [1.29, 1.82) is 0 Å². The van der Waals surface area contributed by atoms with E-state index in [1.807, 2.05) is 25.7 Å². The monoisotopic (exact) mass is 228 g/mol. The number of nitrogens with one attached hydrogen (secondary N) is 1. The predicted molar refractivity (Wildman–Crippen MR) is 64.4 cm³/mol. The molecule has 1 N–H and O–H groups in total. The summed E-state index contributed by atoms with van der Waals surface area (Å²) in [7, 11) is 0. The highest BCUT2D eigenvalue weighted by Gasteiger charge is 2.30. The molecule has 0 bridgehead atoms. The van der Waals surface area contributed by atoms with Crippen LogP contribution in [-0.2, 0) is 9.53 Å². The zero-order chi connectivity index (χ0) is 12.0. The molecule has 1 unspecified atom stereocenters. The lowest BCUT2D eigenvalue weighted by molar-refractivity contribution is -0.130. The Morgan fingerprint density at radius 3 is 2.69 bits per heavy atom. The molecule has 0 aliphatic heterocycles. The molecular weight excluding hydrogens is 204 g/mol. The van der Waals surface area contributed by atoms with Crippen LogP contribution in [0.2, 0.25) is 0 Å². The van der Waals surface area contributed by atoms with Crippen molar-refractivity contribution >= 4 is 5.91 Å². The minimum atomic E-state index is 0.175. The van der Waals surface area contributed by atoms with Crippen molar-refractivity contribution in [3.05, 3.63) is 0 Å². The highest BCUT2D eigenvalue weighted by atomic mass is 16.5. The van der Waals surface area contributed by atoms with Crippen LogP contribution < -0.4 is 5.32 Å². The Kier molecular flexibility index (Phi) is 5.77. The van der Waals surface area contributed by atoms with Crippen LogP contribution in [0.4, 0.5) is 0 Å². The fourth-order valence-corrected chi connectivity index (χ4v) is 1.85. The van der Waals surface area contributed by atoms with Crippen LogP contribution in [0, 0.1) is 0 Å². The van der Waals surface area contributed by atoms with E-state index in [1.54, 1.807) is 0 Å². The average Bonchev–Trinajstić information content (AvgIpc) is 3.03. The lowest BCUT2D eigenvalue weighted by atomic mass is 10.3. The number of rotatable bonds is 8. The molecule has 0 heterocycles. The summed E-state index contributed by atoms with van der Waals surface area (Å²) in [5, 5.41) is 3.15. The van der Waals surface area contributed by atoms with Crippen LogP contribution in [-0.4, -0.2) is 49.2 Å². The second kappa shape index (κ2) is 6.86. The third-order valence-electron chi connectivity index (χ3n) is 2.81. The second-order valence-electron chi connectivity index (χ2n) is 4.31. The number of hydrogen-bond donors (Lipinski definition) is 1. The zero-order valence-electron chi connectivity index (χ0n) is 10.7. The number of nitrogens with zero attached hydrogens (tertiary/aromatic N) is 1. The topological polar surface area (TPSA) is 41.6 Å². The molecule has 1 amide bonds. The molecule has 1 rings (SSSR count). The zero-order valence-corrected chi connectivity index (χ0v) is 10.7. The van der Waals surface area contributed by atoms with E-state index in [2.05, 4.69) is 5.32 Å². The number of amides is 1. The fourth-order valence-electron chi connectivity index (χ4n) is 1.85. The van der Waals surface area contributed by atoms with E-state index < -0.39 is 0 Å². The van der Waals surface area contributed by atoms with Gasteiger partial charge in [-0.15, -0.1) is 0 Å². The molecule has 1 aliphatic rings. The van der Waals surface area contributed by atoms with Crippen molar-refractivity contribution in [1.82, 2.24) is 10.2 Å². The van der Waals surface area contributed by atoms with Gasteiger partial charge in [0.25, 0.3) is 0 Å². The summed E-state index contributed by atoms with van der Waals surface area (Å²) in [4.78, 5) is 13.8. The molecule has 4 heteroatoms. The second-order valence-corrected chi connectivity index (χ2v) is 4.31. The van der Waals surface area contributed by atoms with Crippen molar-refractivity contribution in [3.8, 4) is 0 Å². The van der Waals surface area contributed by atoms with Crippen molar-refractivity contribution in [2.45, 2.75) is 45.8 Å². The molecule has 1 aliphatic carbocycles. The van der Waals surface area contributed by atoms with Crippen LogP contribution in [0.1, 0.15) is 33.6 Å². The summed E-state index contributed by atoms with van der Waals surface area (Å²) in [6.07, 6.45) is 2.53. The van der Waals surface area contributed by atoms with Crippen LogP contribution in [0.3, 0.4) is 0 Å². The summed E-state index contributed by atoms with van der Waals surface area (Å²) in [5.41, 5.74) is 0. The third kappa shape index (κ3) is 4.49. The number of carbonyl (C=O) groups is 1. The normalized spacial score (nSPS) is 17.2. The minimum Gasteiger partial charge on any atom is -0.377 e. The molecule has 0 saturated heterocycles. The smallest absolute Gasteiger partial charge is 0.236 e. The highest BCUT2D eigenvalue weighted by molar-refractivity contribution is 5.78.